The molecule has 0 aromatic heterocycles. The Kier molecular flexibility index (Phi) is 6.92. The van der Waals surface area contributed by atoms with E-state index in [2.05, 4.69) is 10.6 Å². The van der Waals surface area contributed by atoms with Crippen molar-refractivity contribution in [3.8, 4) is 0 Å². The first kappa shape index (κ1) is 14.8. The largest absolute Gasteiger partial charge is 0.395 e. The highest BCUT2D eigenvalue weighted by Crippen LogP contribution is 2.15. The van der Waals surface area contributed by atoms with Crippen molar-refractivity contribution in [1.29, 1.82) is 0 Å². The standard InChI is InChI=1S/C12H24N2O2S/c1-9(11(8-15)17-2)14-12(16)6-10-4-3-5-13-7-10/h9-11,13,15H,3-8H2,1-2H3,(H,14,16). The van der Waals surface area contributed by atoms with Crippen LogP contribution in [0.1, 0.15) is 26.2 Å². The normalized spacial score (nSPS) is 24.1. The van der Waals surface area contributed by atoms with E-state index in [0.717, 1.165) is 25.9 Å². The number of carbonyl (C=O) groups is 1. The van der Waals surface area contributed by atoms with Crippen LogP contribution in [0, 0.1) is 5.92 Å². The lowest BCUT2D eigenvalue weighted by Crippen LogP contribution is -2.43. The topological polar surface area (TPSA) is 61.4 Å². The van der Waals surface area contributed by atoms with E-state index in [1.807, 2.05) is 13.2 Å². The summed E-state index contributed by atoms with van der Waals surface area (Å²) in [5.41, 5.74) is 0. The molecule has 1 heterocycles. The highest BCUT2D eigenvalue weighted by atomic mass is 32.2. The number of rotatable bonds is 6. The van der Waals surface area contributed by atoms with Crippen LogP contribution >= 0.6 is 11.8 Å². The highest BCUT2D eigenvalue weighted by molar-refractivity contribution is 7.99. The molecule has 5 heteroatoms. The molecule has 1 amide bonds. The quantitative estimate of drug-likeness (QED) is 0.655. The zero-order chi connectivity index (χ0) is 12.7. The Morgan fingerprint density at radius 1 is 1.65 bits per heavy atom. The summed E-state index contributed by atoms with van der Waals surface area (Å²) in [4.78, 5) is 11.8. The molecule has 1 aliphatic heterocycles. The molecule has 0 radical (unpaired) electrons. The molecule has 1 rings (SSSR count). The van der Waals surface area contributed by atoms with Crippen molar-refractivity contribution in [2.45, 2.75) is 37.5 Å². The summed E-state index contributed by atoms with van der Waals surface area (Å²) >= 11 is 1.59. The summed E-state index contributed by atoms with van der Waals surface area (Å²) in [6.45, 7) is 4.09. The number of aliphatic hydroxyl groups excluding tert-OH is 1. The van der Waals surface area contributed by atoms with Gasteiger partial charge in [-0.3, -0.25) is 4.79 Å². The molecule has 3 unspecified atom stereocenters. The predicted octanol–water partition coefficient (Wildman–Crippen LogP) is 0.605. The Morgan fingerprint density at radius 2 is 2.41 bits per heavy atom. The van der Waals surface area contributed by atoms with Gasteiger partial charge < -0.3 is 15.7 Å². The molecule has 100 valence electrons. The first-order valence-corrected chi connectivity index (χ1v) is 7.60. The number of amides is 1. The van der Waals surface area contributed by atoms with Crippen molar-refractivity contribution in [3.63, 3.8) is 0 Å². The van der Waals surface area contributed by atoms with Gasteiger partial charge in [0.25, 0.3) is 0 Å². The lowest BCUT2D eigenvalue weighted by atomic mass is 9.96. The van der Waals surface area contributed by atoms with Crippen molar-refractivity contribution in [2.75, 3.05) is 26.0 Å². The third-order valence-corrected chi connectivity index (χ3v) is 4.46. The van der Waals surface area contributed by atoms with E-state index in [1.165, 1.54) is 0 Å². The van der Waals surface area contributed by atoms with Crippen LogP contribution in [0.25, 0.3) is 0 Å². The van der Waals surface area contributed by atoms with Gasteiger partial charge in [-0.2, -0.15) is 11.8 Å². The first-order chi connectivity index (χ1) is 8.17. The summed E-state index contributed by atoms with van der Waals surface area (Å²) < 4.78 is 0. The van der Waals surface area contributed by atoms with Gasteiger partial charge in [-0.25, -0.2) is 0 Å². The Hall–Kier alpha value is -0.260. The van der Waals surface area contributed by atoms with E-state index >= 15 is 0 Å². The maximum Gasteiger partial charge on any atom is 0.220 e. The van der Waals surface area contributed by atoms with E-state index in [4.69, 9.17) is 5.11 Å². The second kappa shape index (κ2) is 7.95. The molecule has 0 saturated carbocycles. The average molecular weight is 260 g/mol. The summed E-state index contributed by atoms with van der Waals surface area (Å²) in [5.74, 6) is 0.580. The van der Waals surface area contributed by atoms with Crippen molar-refractivity contribution < 1.29 is 9.90 Å². The second-order valence-electron chi connectivity index (χ2n) is 4.73. The number of hydrogen-bond donors (Lipinski definition) is 3. The second-order valence-corrected chi connectivity index (χ2v) is 5.81. The fourth-order valence-electron chi connectivity index (χ4n) is 2.20. The van der Waals surface area contributed by atoms with E-state index < -0.39 is 0 Å². The molecule has 0 aromatic carbocycles. The molecule has 3 N–H and O–H groups in total. The van der Waals surface area contributed by atoms with Gasteiger partial charge in [0.15, 0.2) is 0 Å². The van der Waals surface area contributed by atoms with E-state index in [-0.39, 0.29) is 23.8 Å². The first-order valence-electron chi connectivity index (χ1n) is 6.31. The molecule has 0 bridgehead atoms. The minimum absolute atomic E-state index is 0.0269. The van der Waals surface area contributed by atoms with Crippen LogP contribution in [-0.2, 0) is 4.79 Å². The molecule has 0 aromatic rings. The average Bonchev–Trinajstić information content (AvgIpc) is 2.31. The Bertz CT molecular complexity index is 229. The summed E-state index contributed by atoms with van der Waals surface area (Å²) in [5, 5.41) is 15.5. The maximum absolute atomic E-state index is 11.8. The number of carbonyl (C=O) groups excluding carboxylic acids is 1. The van der Waals surface area contributed by atoms with E-state index in [0.29, 0.717) is 12.3 Å². The predicted molar refractivity (Wildman–Crippen MR) is 72.2 cm³/mol. The van der Waals surface area contributed by atoms with Crippen molar-refractivity contribution >= 4 is 17.7 Å². The fraction of sp³-hybridized carbons (Fsp3) is 0.917. The number of hydrogen-bond acceptors (Lipinski definition) is 4. The zero-order valence-corrected chi connectivity index (χ0v) is 11.6. The number of nitrogens with one attached hydrogen (secondary N) is 2. The van der Waals surface area contributed by atoms with Crippen molar-refractivity contribution in [3.05, 3.63) is 0 Å². The lowest BCUT2D eigenvalue weighted by molar-refractivity contribution is -0.122. The van der Waals surface area contributed by atoms with E-state index in [9.17, 15) is 4.79 Å². The van der Waals surface area contributed by atoms with Gasteiger partial charge in [-0.05, 0) is 45.0 Å². The van der Waals surface area contributed by atoms with E-state index in [1.54, 1.807) is 11.8 Å². The summed E-state index contributed by atoms with van der Waals surface area (Å²) in [6, 6.07) is 0.0269. The highest BCUT2D eigenvalue weighted by Gasteiger charge is 2.20. The van der Waals surface area contributed by atoms with Crippen molar-refractivity contribution in [2.24, 2.45) is 5.92 Å². The Morgan fingerprint density at radius 3 is 2.94 bits per heavy atom. The molecule has 17 heavy (non-hydrogen) atoms. The molecule has 0 aliphatic carbocycles. The summed E-state index contributed by atoms with van der Waals surface area (Å²) in [7, 11) is 0. The van der Waals surface area contributed by atoms with Crippen molar-refractivity contribution in [1.82, 2.24) is 10.6 Å². The Balaban J connectivity index is 2.27. The van der Waals surface area contributed by atoms with Gasteiger partial charge in [0.2, 0.25) is 5.91 Å². The minimum Gasteiger partial charge on any atom is -0.395 e. The number of thioether (sulfide) groups is 1. The van der Waals surface area contributed by atoms with Crippen LogP contribution in [0.3, 0.4) is 0 Å². The molecule has 0 spiro atoms. The molecular formula is C12H24N2O2S. The zero-order valence-electron chi connectivity index (χ0n) is 10.7. The SMILES string of the molecule is CSC(CO)C(C)NC(=O)CC1CCCNC1. The third-order valence-electron chi connectivity index (χ3n) is 3.30. The molecule has 3 atom stereocenters. The molecule has 4 nitrogen and oxygen atoms in total. The fourth-order valence-corrected chi connectivity index (χ4v) is 2.83. The lowest BCUT2D eigenvalue weighted by Gasteiger charge is -2.25. The van der Waals surface area contributed by atoms with Crippen LogP contribution in [0.2, 0.25) is 0 Å². The van der Waals surface area contributed by atoms with Gasteiger partial charge in [-0.1, -0.05) is 0 Å². The third kappa shape index (κ3) is 5.27. The minimum atomic E-state index is 0.0269. The molecule has 1 saturated heterocycles. The number of aliphatic hydroxyl groups is 1. The smallest absolute Gasteiger partial charge is 0.220 e. The van der Waals surface area contributed by atoms with Gasteiger partial charge in [-0.15, -0.1) is 0 Å². The molecule has 1 aliphatic rings. The number of piperidine rings is 1. The van der Waals surface area contributed by atoms with Gasteiger partial charge in [0.05, 0.1) is 6.61 Å². The van der Waals surface area contributed by atoms with Crippen LogP contribution in [-0.4, -0.2) is 48.3 Å². The monoisotopic (exact) mass is 260 g/mol. The van der Waals surface area contributed by atoms with Gasteiger partial charge in [0.1, 0.15) is 0 Å². The van der Waals surface area contributed by atoms with Gasteiger partial charge >= 0.3 is 0 Å². The van der Waals surface area contributed by atoms with Crippen LogP contribution in [0.5, 0.6) is 0 Å². The molecule has 1 fully saturated rings. The van der Waals surface area contributed by atoms with Gasteiger partial charge in [0, 0.05) is 17.7 Å². The maximum atomic E-state index is 11.8. The van der Waals surface area contributed by atoms with Crippen LogP contribution < -0.4 is 10.6 Å². The van der Waals surface area contributed by atoms with Crippen LogP contribution in [0.4, 0.5) is 0 Å². The van der Waals surface area contributed by atoms with Crippen LogP contribution in [0.15, 0.2) is 0 Å². The molecular weight excluding hydrogens is 236 g/mol. The Labute approximate surface area is 108 Å². The summed E-state index contributed by atoms with van der Waals surface area (Å²) in [6.07, 6.45) is 4.86.